The minimum Gasteiger partial charge on any atom is -0.325 e. The standard InChI is InChI=1S/C23H16N4O3S2/c1-27-22(29)14-9-8-13(11-16(14)23(27)30)24-19(28)12-32-21-15-5-2-3-6-17(15)25-20(26-21)18-7-4-10-31-18/h2-11H,12H2,1H3,(H,24,28). The molecule has 3 heterocycles. The van der Waals surface area contributed by atoms with Crippen molar-refractivity contribution >= 4 is 57.4 Å². The van der Waals surface area contributed by atoms with E-state index in [2.05, 4.69) is 10.3 Å². The maximum absolute atomic E-state index is 12.6. The van der Waals surface area contributed by atoms with Crippen LogP contribution in [0.15, 0.2) is 65.0 Å². The summed E-state index contributed by atoms with van der Waals surface area (Å²) in [5.74, 6) is -0.179. The van der Waals surface area contributed by atoms with Gasteiger partial charge >= 0.3 is 0 Å². The fourth-order valence-electron chi connectivity index (χ4n) is 3.44. The molecule has 5 rings (SSSR count). The van der Waals surface area contributed by atoms with Crippen LogP contribution in [-0.2, 0) is 4.79 Å². The van der Waals surface area contributed by atoms with Gasteiger partial charge in [-0.25, -0.2) is 9.97 Å². The highest BCUT2D eigenvalue weighted by Crippen LogP contribution is 2.30. The van der Waals surface area contributed by atoms with Crippen molar-refractivity contribution in [3.05, 3.63) is 71.1 Å². The number of benzene rings is 2. The van der Waals surface area contributed by atoms with Crippen LogP contribution in [0.1, 0.15) is 20.7 Å². The lowest BCUT2D eigenvalue weighted by atomic mass is 10.1. The predicted octanol–water partition coefficient (Wildman–Crippen LogP) is 4.31. The molecule has 32 heavy (non-hydrogen) atoms. The Balaban J connectivity index is 1.35. The highest BCUT2D eigenvalue weighted by Gasteiger charge is 2.32. The largest absolute Gasteiger partial charge is 0.325 e. The molecular weight excluding hydrogens is 444 g/mol. The summed E-state index contributed by atoms with van der Waals surface area (Å²) in [4.78, 5) is 48.2. The number of rotatable bonds is 5. The summed E-state index contributed by atoms with van der Waals surface area (Å²) in [5.41, 5.74) is 1.93. The zero-order valence-electron chi connectivity index (χ0n) is 16.9. The first-order valence-corrected chi connectivity index (χ1v) is 11.6. The van der Waals surface area contributed by atoms with Crippen LogP contribution in [0.25, 0.3) is 21.6 Å². The summed E-state index contributed by atoms with van der Waals surface area (Å²) in [5, 5.41) is 6.38. The zero-order chi connectivity index (χ0) is 22.2. The van der Waals surface area contributed by atoms with Gasteiger partial charge in [0.1, 0.15) is 5.03 Å². The third-order valence-electron chi connectivity index (χ3n) is 5.02. The van der Waals surface area contributed by atoms with E-state index in [1.165, 1.54) is 24.9 Å². The number of hydrogen-bond acceptors (Lipinski definition) is 7. The lowest BCUT2D eigenvalue weighted by Gasteiger charge is -2.09. The van der Waals surface area contributed by atoms with E-state index in [1.54, 1.807) is 23.5 Å². The second kappa shape index (κ2) is 8.18. The number of fused-ring (bicyclic) bond motifs is 2. The molecular formula is C23H16N4O3S2. The molecule has 0 atom stereocenters. The molecule has 0 fully saturated rings. The Morgan fingerprint density at radius 2 is 1.84 bits per heavy atom. The highest BCUT2D eigenvalue weighted by atomic mass is 32.2. The summed E-state index contributed by atoms with van der Waals surface area (Å²) in [6, 6.07) is 16.3. The Morgan fingerprint density at radius 1 is 1.03 bits per heavy atom. The Bertz CT molecular complexity index is 1390. The van der Waals surface area contributed by atoms with Crippen molar-refractivity contribution in [3.63, 3.8) is 0 Å². The van der Waals surface area contributed by atoms with Crippen LogP contribution in [0.5, 0.6) is 0 Å². The molecule has 2 aromatic carbocycles. The van der Waals surface area contributed by atoms with E-state index >= 15 is 0 Å². The third-order valence-corrected chi connectivity index (χ3v) is 6.88. The van der Waals surface area contributed by atoms with Crippen LogP contribution in [0.2, 0.25) is 0 Å². The maximum Gasteiger partial charge on any atom is 0.261 e. The van der Waals surface area contributed by atoms with Crippen LogP contribution in [-0.4, -0.2) is 45.4 Å². The van der Waals surface area contributed by atoms with E-state index in [-0.39, 0.29) is 23.5 Å². The molecule has 1 aliphatic heterocycles. The van der Waals surface area contributed by atoms with Gasteiger partial charge in [-0.05, 0) is 35.7 Å². The molecule has 9 heteroatoms. The lowest BCUT2D eigenvalue weighted by molar-refractivity contribution is -0.113. The van der Waals surface area contributed by atoms with Gasteiger partial charge in [-0.3, -0.25) is 19.3 Å². The minimum absolute atomic E-state index is 0.134. The van der Waals surface area contributed by atoms with Gasteiger partial charge in [0.05, 0.1) is 27.3 Å². The van der Waals surface area contributed by atoms with E-state index in [9.17, 15) is 14.4 Å². The maximum atomic E-state index is 12.6. The number of amides is 3. The van der Waals surface area contributed by atoms with Crippen molar-refractivity contribution in [2.45, 2.75) is 5.03 Å². The van der Waals surface area contributed by atoms with Crippen LogP contribution in [0.3, 0.4) is 0 Å². The first-order chi connectivity index (χ1) is 15.5. The number of anilines is 1. The molecule has 0 saturated heterocycles. The van der Waals surface area contributed by atoms with Crippen molar-refractivity contribution in [1.82, 2.24) is 14.9 Å². The molecule has 0 bridgehead atoms. The molecule has 2 aromatic heterocycles. The molecule has 7 nitrogen and oxygen atoms in total. The number of thioether (sulfide) groups is 1. The molecule has 0 unspecified atom stereocenters. The second-order valence-electron chi connectivity index (χ2n) is 7.11. The molecule has 1 N–H and O–H groups in total. The average molecular weight is 461 g/mol. The van der Waals surface area contributed by atoms with Crippen LogP contribution < -0.4 is 5.32 Å². The Kier molecular flexibility index (Phi) is 5.20. The number of nitrogens with zero attached hydrogens (tertiary/aromatic N) is 3. The lowest BCUT2D eigenvalue weighted by Crippen LogP contribution is -2.24. The van der Waals surface area contributed by atoms with Crippen molar-refractivity contribution in [1.29, 1.82) is 0 Å². The molecule has 0 saturated carbocycles. The quantitative estimate of drug-likeness (QED) is 0.271. The summed E-state index contributed by atoms with van der Waals surface area (Å²) < 4.78 is 0. The van der Waals surface area contributed by atoms with E-state index in [0.29, 0.717) is 22.6 Å². The number of imide groups is 1. The molecule has 0 aliphatic carbocycles. The van der Waals surface area contributed by atoms with E-state index < -0.39 is 0 Å². The van der Waals surface area contributed by atoms with Gasteiger partial charge in [-0.1, -0.05) is 36.0 Å². The fourth-order valence-corrected chi connectivity index (χ4v) is 4.92. The molecule has 3 amide bonds. The summed E-state index contributed by atoms with van der Waals surface area (Å²) >= 11 is 2.89. The van der Waals surface area contributed by atoms with Gasteiger partial charge in [0, 0.05) is 18.1 Å². The number of nitrogens with one attached hydrogen (secondary N) is 1. The van der Waals surface area contributed by atoms with Crippen molar-refractivity contribution in [3.8, 4) is 10.7 Å². The number of para-hydroxylation sites is 1. The Hall–Kier alpha value is -3.56. The summed E-state index contributed by atoms with van der Waals surface area (Å²) in [7, 11) is 1.44. The van der Waals surface area contributed by atoms with Gasteiger partial charge in [-0.15, -0.1) is 11.3 Å². The summed E-state index contributed by atoms with van der Waals surface area (Å²) in [6.45, 7) is 0. The molecule has 0 spiro atoms. The van der Waals surface area contributed by atoms with Gasteiger partial charge in [0.25, 0.3) is 11.8 Å². The predicted molar refractivity (Wildman–Crippen MR) is 125 cm³/mol. The van der Waals surface area contributed by atoms with Gasteiger partial charge in [0.2, 0.25) is 5.91 Å². The van der Waals surface area contributed by atoms with Crippen LogP contribution in [0.4, 0.5) is 5.69 Å². The van der Waals surface area contributed by atoms with Gasteiger partial charge < -0.3 is 5.32 Å². The Morgan fingerprint density at radius 3 is 2.66 bits per heavy atom. The number of hydrogen-bond donors (Lipinski definition) is 1. The Labute approximate surface area is 191 Å². The van der Waals surface area contributed by atoms with E-state index in [1.807, 2.05) is 41.8 Å². The average Bonchev–Trinajstić information content (AvgIpc) is 3.42. The molecule has 4 aromatic rings. The normalized spacial score (nSPS) is 13.0. The SMILES string of the molecule is CN1C(=O)c2ccc(NC(=O)CSc3nc(-c4cccs4)nc4ccccc34)cc2C1=O. The monoisotopic (exact) mass is 460 g/mol. The smallest absolute Gasteiger partial charge is 0.261 e. The third kappa shape index (κ3) is 3.65. The van der Waals surface area contributed by atoms with Gasteiger partial charge in [-0.2, -0.15) is 0 Å². The first-order valence-electron chi connectivity index (χ1n) is 9.71. The molecule has 0 radical (unpaired) electrons. The van der Waals surface area contributed by atoms with Crippen LogP contribution in [0, 0.1) is 0 Å². The number of thiophene rings is 1. The fraction of sp³-hybridized carbons (Fsp3) is 0.0870. The second-order valence-corrected chi connectivity index (χ2v) is 9.03. The first kappa shape index (κ1) is 20.3. The molecule has 1 aliphatic rings. The number of carbonyl (C=O) groups is 3. The zero-order valence-corrected chi connectivity index (χ0v) is 18.5. The van der Waals surface area contributed by atoms with Gasteiger partial charge in [0.15, 0.2) is 5.82 Å². The van der Waals surface area contributed by atoms with Crippen LogP contribution >= 0.6 is 23.1 Å². The number of aromatic nitrogens is 2. The summed E-state index contributed by atoms with van der Waals surface area (Å²) in [6.07, 6.45) is 0. The molecule has 158 valence electrons. The van der Waals surface area contributed by atoms with Crippen molar-refractivity contribution < 1.29 is 14.4 Å². The topological polar surface area (TPSA) is 92.3 Å². The van der Waals surface area contributed by atoms with E-state index in [0.717, 1.165) is 25.7 Å². The minimum atomic E-state index is -0.371. The highest BCUT2D eigenvalue weighted by molar-refractivity contribution is 8.00. The van der Waals surface area contributed by atoms with Crippen molar-refractivity contribution in [2.24, 2.45) is 0 Å². The van der Waals surface area contributed by atoms with E-state index in [4.69, 9.17) is 4.98 Å². The number of carbonyl (C=O) groups excluding carboxylic acids is 3. The van der Waals surface area contributed by atoms with Crippen molar-refractivity contribution in [2.75, 3.05) is 18.1 Å².